The molecule has 0 heterocycles. The third-order valence-corrected chi connectivity index (χ3v) is 5.70. The molecule has 0 fully saturated rings. The van der Waals surface area contributed by atoms with Crippen molar-refractivity contribution in [1.29, 1.82) is 0 Å². The molecule has 0 saturated carbocycles. The van der Waals surface area contributed by atoms with E-state index >= 15 is 0 Å². The minimum Gasteiger partial charge on any atom is -0.491 e. The fourth-order valence-corrected chi connectivity index (χ4v) is 4.04. The Labute approximate surface area is 177 Å². The Hall–Kier alpha value is -2.25. The highest BCUT2D eigenvalue weighted by Crippen LogP contribution is 2.22. The van der Waals surface area contributed by atoms with Crippen LogP contribution in [0.2, 0.25) is 5.02 Å². The molecule has 0 spiro atoms. The van der Waals surface area contributed by atoms with E-state index in [2.05, 4.69) is 5.32 Å². The number of carbonyl (C=O) groups excluding carboxylic acids is 1. The zero-order chi connectivity index (χ0) is 21.4. The number of anilines is 1. The van der Waals surface area contributed by atoms with E-state index in [4.69, 9.17) is 16.3 Å². The van der Waals surface area contributed by atoms with Crippen molar-refractivity contribution >= 4 is 33.2 Å². The van der Waals surface area contributed by atoms with E-state index in [-0.39, 0.29) is 18.9 Å². The van der Waals surface area contributed by atoms with Gasteiger partial charge in [0.1, 0.15) is 12.4 Å². The summed E-state index contributed by atoms with van der Waals surface area (Å²) >= 11 is 5.96. The largest absolute Gasteiger partial charge is 0.491 e. The molecule has 0 radical (unpaired) electrons. The van der Waals surface area contributed by atoms with Gasteiger partial charge in [-0.2, -0.15) is 0 Å². The van der Waals surface area contributed by atoms with Crippen molar-refractivity contribution in [1.82, 2.24) is 5.32 Å². The van der Waals surface area contributed by atoms with Crippen LogP contribution in [0.3, 0.4) is 0 Å². The Morgan fingerprint density at radius 2 is 1.93 bits per heavy atom. The van der Waals surface area contributed by atoms with Gasteiger partial charge in [-0.1, -0.05) is 35.4 Å². The molecular formula is C21H27ClN2O4S. The van der Waals surface area contributed by atoms with Crippen LogP contribution in [0.4, 0.5) is 5.69 Å². The van der Waals surface area contributed by atoms with Crippen LogP contribution in [0.25, 0.3) is 0 Å². The van der Waals surface area contributed by atoms with Gasteiger partial charge in [0.2, 0.25) is 15.9 Å². The average molecular weight is 439 g/mol. The number of nitrogens with one attached hydrogen (secondary N) is 1. The van der Waals surface area contributed by atoms with Gasteiger partial charge in [0.25, 0.3) is 0 Å². The summed E-state index contributed by atoms with van der Waals surface area (Å²) in [5.74, 6) is 0.656. The predicted octanol–water partition coefficient (Wildman–Crippen LogP) is 3.70. The number of benzene rings is 2. The van der Waals surface area contributed by atoms with Gasteiger partial charge in [0, 0.05) is 18.0 Å². The summed E-state index contributed by atoms with van der Waals surface area (Å²) < 4.78 is 31.1. The number of hydrogen-bond donors (Lipinski definition) is 1. The molecule has 8 heteroatoms. The zero-order valence-corrected chi connectivity index (χ0v) is 18.5. The van der Waals surface area contributed by atoms with Gasteiger partial charge in [0.05, 0.1) is 18.5 Å². The maximum Gasteiger partial charge on any atom is 0.232 e. The van der Waals surface area contributed by atoms with Gasteiger partial charge in [-0.05, 0) is 50.1 Å². The Morgan fingerprint density at radius 3 is 2.59 bits per heavy atom. The summed E-state index contributed by atoms with van der Waals surface area (Å²) in [6, 6.07) is 12.6. The highest BCUT2D eigenvalue weighted by atomic mass is 35.5. The van der Waals surface area contributed by atoms with Gasteiger partial charge >= 0.3 is 0 Å². The standard InChI is InChI=1S/C21H27ClN2O4S/c1-16-9-10-20(17(2)14-16)28-13-11-23-21(25)8-5-12-24(29(3,26)27)19-7-4-6-18(22)15-19/h4,6-7,9-10,14-15H,5,8,11-13H2,1-3H3,(H,23,25). The fraction of sp³-hybridized carbons (Fsp3) is 0.381. The van der Waals surface area contributed by atoms with Crippen LogP contribution in [0.1, 0.15) is 24.0 Å². The smallest absolute Gasteiger partial charge is 0.232 e. The Bertz CT molecular complexity index is 947. The molecule has 2 rings (SSSR count). The number of aryl methyl sites for hydroxylation is 2. The summed E-state index contributed by atoms with van der Waals surface area (Å²) in [5.41, 5.74) is 2.71. The molecule has 0 aromatic heterocycles. The van der Waals surface area contributed by atoms with Crippen molar-refractivity contribution in [2.24, 2.45) is 0 Å². The van der Waals surface area contributed by atoms with Crippen molar-refractivity contribution < 1.29 is 17.9 Å². The van der Waals surface area contributed by atoms with Gasteiger partial charge in [-0.3, -0.25) is 9.10 Å². The van der Waals surface area contributed by atoms with E-state index in [0.717, 1.165) is 17.6 Å². The summed E-state index contributed by atoms with van der Waals surface area (Å²) in [6.45, 7) is 4.96. The fourth-order valence-electron chi connectivity index (χ4n) is 2.90. The van der Waals surface area contributed by atoms with E-state index in [0.29, 0.717) is 30.3 Å². The Kier molecular flexibility index (Phi) is 8.34. The molecule has 0 aliphatic heterocycles. The summed E-state index contributed by atoms with van der Waals surface area (Å²) in [7, 11) is -3.47. The van der Waals surface area contributed by atoms with Crippen LogP contribution in [-0.4, -0.2) is 40.3 Å². The van der Waals surface area contributed by atoms with Crippen LogP contribution < -0.4 is 14.4 Å². The molecule has 0 atom stereocenters. The quantitative estimate of drug-likeness (QED) is 0.574. The molecule has 1 N–H and O–H groups in total. The van der Waals surface area contributed by atoms with E-state index in [9.17, 15) is 13.2 Å². The second-order valence-electron chi connectivity index (χ2n) is 6.89. The molecule has 0 saturated heterocycles. The second kappa shape index (κ2) is 10.5. The van der Waals surface area contributed by atoms with Gasteiger partial charge in [-0.25, -0.2) is 8.42 Å². The number of nitrogens with zero attached hydrogens (tertiary/aromatic N) is 1. The van der Waals surface area contributed by atoms with E-state index in [1.54, 1.807) is 24.3 Å². The van der Waals surface area contributed by atoms with Crippen LogP contribution in [0, 0.1) is 13.8 Å². The summed E-state index contributed by atoms with van der Waals surface area (Å²) in [4.78, 5) is 12.0. The highest BCUT2D eigenvalue weighted by Gasteiger charge is 2.17. The topological polar surface area (TPSA) is 75.7 Å². The lowest BCUT2D eigenvalue weighted by molar-refractivity contribution is -0.121. The first-order chi connectivity index (χ1) is 13.7. The first-order valence-electron chi connectivity index (χ1n) is 9.37. The molecular weight excluding hydrogens is 412 g/mol. The number of sulfonamides is 1. The Morgan fingerprint density at radius 1 is 1.17 bits per heavy atom. The molecule has 2 aromatic rings. The maximum absolute atomic E-state index is 12.1. The number of amides is 1. The molecule has 6 nitrogen and oxygen atoms in total. The summed E-state index contributed by atoms with van der Waals surface area (Å²) in [5, 5.41) is 3.25. The van der Waals surface area contributed by atoms with Gasteiger partial charge in [-0.15, -0.1) is 0 Å². The number of rotatable bonds is 10. The van der Waals surface area contributed by atoms with Crippen molar-refractivity contribution in [3.05, 3.63) is 58.6 Å². The Balaban J connectivity index is 1.76. The number of ether oxygens (including phenoxy) is 1. The van der Waals surface area contributed by atoms with Crippen molar-refractivity contribution in [3.8, 4) is 5.75 Å². The lowest BCUT2D eigenvalue weighted by Gasteiger charge is -2.22. The monoisotopic (exact) mass is 438 g/mol. The van der Waals surface area contributed by atoms with Crippen molar-refractivity contribution in [3.63, 3.8) is 0 Å². The molecule has 1 amide bonds. The summed E-state index contributed by atoms with van der Waals surface area (Å²) in [6.07, 6.45) is 1.75. The average Bonchev–Trinajstić information content (AvgIpc) is 2.62. The van der Waals surface area contributed by atoms with E-state index in [1.165, 1.54) is 9.87 Å². The van der Waals surface area contributed by atoms with Crippen LogP contribution in [0.5, 0.6) is 5.75 Å². The predicted molar refractivity (Wildman–Crippen MR) is 117 cm³/mol. The SMILES string of the molecule is Cc1ccc(OCCNC(=O)CCCN(c2cccc(Cl)c2)S(C)(=O)=O)c(C)c1. The second-order valence-corrected chi connectivity index (χ2v) is 9.23. The zero-order valence-electron chi connectivity index (χ0n) is 16.9. The van der Waals surface area contributed by atoms with Crippen molar-refractivity contribution in [2.75, 3.05) is 30.3 Å². The van der Waals surface area contributed by atoms with Gasteiger partial charge in [0.15, 0.2) is 0 Å². The molecule has 0 aliphatic carbocycles. The van der Waals surface area contributed by atoms with E-state index in [1.807, 2.05) is 32.0 Å². The molecule has 29 heavy (non-hydrogen) atoms. The number of halogens is 1. The van der Waals surface area contributed by atoms with Crippen molar-refractivity contribution in [2.45, 2.75) is 26.7 Å². The first kappa shape index (κ1) is 23.0. The van der Waals surface area contributed by atoms with Crippen LogP contribution in [-0.2, 0) is 14.8 Å². The third kappa shape index (κ3) is 7.59. The normalized spacial score (nSPS) is 11.2. The first-order valence-corrected chi connectivity index (χ1v) is 11.6. The van der Waals surface area contributed by atoms with E-state index < -0.39 is 10.0 Å². The minimum atomic E-state index is -3.47. The minimum absolute atomic E-state index is 0.145. The molecule has 0 bridgehead atoms. The lowest BCUT2D eigenvalue weighted by atomic mass is 10.1. The maximum atomic E-state index is 12.1. The highest BCUT2D eigenvalue weighted by molar-refractivity contribution is 7.92. The third-order valence-electron chi connectivity index (χ3n) is 4.27. The molecule has 2 aromatic carbocycles. The van der Waals surface area contributed by atoms with Crippen LogP contribution in [0.15, 0.2) is 42.5 Å². The van der Waals surface area contributed by atoms with Gasteiger partial charge < -0.3 is 10.1 Å². The molecule has 0 unspecified atom stereocenters. The molecule has 0 aliphatic rings. The van der Waals surface area contributed by atoms with Crippen LogP contribution >= 0.6 is 11.6 Å². The molecule has 158 valence electrons. The number of hydrogen-bond acceptors (Lipinski definition) is 4. The lowest BCUT2D eigenvalue weighted by Crippen LogP contribution is -2.32. The number of carbonyl (C=O) groups is 1.